The Morgan fingerprint density at radius 1 is 1.27 bits per heavy atom. The molecule has 82 valence electrons. The molecule has 0 aromatic heterocycles. The van der Waals surface area contributed by atoms with E-state index in [1.807, 2.05) is 19.1 Å². The second-order valence-corrected chi connectivity index (χ2v) is 6.07. The minimum absolute atomic E-state index is 0.330. The summed E-state index contributed by atoms with van der Waals surface area (Å²) in [6.45, 7) is 2.82. The van der Waals surface area contributed by atoms with Gasteiger partial charge in [0.2, 0.25) is 0 Å². The first-order valence-corrected chi connectivity index (χ1v) is 6.53. The Kier molecular flexibility index (Phi) is 2.80. The van der Waals surface area contributed by atoms with Gasteiger partial charge >= 0.3 is 0 Å². The molecule has 0 aliphatic carbocycles. The van der Waals surface area contributed by atoms with E-state index in [-0.39, 0.29) is 5.25 Å². The zero-order valence-corrected chi connectivity index (χ0v) is 9.46. The molecule has 3 nitrogen and oxygen atoms in total. The Bertz CT molecular complexity index is 427. The smallest absolute Gasteiger partial charge is 0.183 e. The van der Waals surface area contributed by atoms with Crippen LogP contribution in [0.1, 0.15) is 12.0 Å². The van der Waals surface area contributed by atoms with Crippen LogP contribution in [0.3, 0.4) is 0 Å². The molecule has 1 aromatic rings. The molecule has 0 unspecified atom stereocenters. The van der Waals surface area contributed by atoms with Crippen molar-refractivity contribution in [3.05, 3.63) is 29.8 Å². The monoisotopic (exact) mass is 226 g/mol. The van der Waals surface area contributed by atoms with E-state index in [0.717, 1.165) is 5.56 Å². The topological polar surface area (TPSA) is 43.4 Å². The van der Waals surface area contributed by atoms with Crippen molar-refractivity contribution < 1.29 is 13.2 Å². The lowest BCUT2D eigenvalue weighted by molar-refractivity contribution is 0.198. The van der Waals surface area contributed by atoms with E-state index in [1.54, 1.807) is 12.1 Å². The van der Waals surface area contributed by atoms with Crippen LogP contribution in [0.2, 0.25) is 0 Å². The highest BCUT2D eigenvalue weighted by Crippen LogP contribution is 2.22. The summed E-state index contributed by atoms with van der Waals surface area (Å²) >= 11 is 0. The van der Waals surface area contributed by atoms with E-state index in [4.69, 9.17) is 4.74 Å². The number of sulfone groups is 1. The minimum atomic E-state index is -3.18. The normalized spacial score (nSPS) is 21.8. The summed E-state index contributed by atoms with van der Waals surface area (Å²) in [7, 11) is -3.18. The quantitative estimate of drug-likeness (QED) is 0.768. The fourth-order valence-electron chi connectivity index (χ4n) is 1.68. The molecule has 1 aliphatic heterocycles. The average Bonchev–Trinajstić information content (AvgIpc) is 2.71. The predicted molar refractivity (Wildman–Crippen MR) is 57.6 cm³/mol. The van der Waals surface area contributed by atoms with Crippen molar-refractivity contribution in [2.75, 3.05) is 13.2 Å². The zero-order chi connectivity index (χ0) is 10.9. The Morgan fingerprint density at radius 3 is 2.47 bits per heavy atom. The average molecular weight is 226 g/mol. The van der Waals surface area contributed by atoms with Gasteiger partial charge in [0.05, 0.1) is 16.8 Å². The van der Waals surface area contributed by atoms with Gasteiger partial charge in [0.25, 0.3) is 0 Å². The summed E-state index contributed by atoms with van der Waals surface area (Å²) in [4.78, 5) is 0.406. The second kappa shape index (κ2) is 3.94. The second-order valence-electron chi connectivity index (χ2n) is 3.84. The molecule has 0 N–H and O–H groups in total. The van der Waals surface area contributed by atoms with Gasteiger partial charge in [-0.3, -0.25) is 0 Å². The molecule has 2 rings (SSSR count). The summed E-state index contributed by atoms with van der Waals surface area (Å²) in [5, 5.41) is -0.361. The maximum atomic E-state index is 12.1. The molecule has 1 aromatic carbocycles. The standard InChI is InChI=1S/C11H14O3S/c1-9-2-4-10(5-3-9)15(12,13)11-6-7-14-8-11/h2-5,11H,6-8H2,1H3/t11-/m0/s1. The van der Waals surface area contributed by atoms with Crippen molar-refractivity contribution >= 4 is 9.84 Å². The van der Waals surface area contributed by atoms with E-state index in [2.05, 4.69) is 0 Å². The molecule has 0 saturated carbocycles. The molecular formula is C11H14O3S. The van der Waals surface area contributed by atoms with Gasteiger partial charge in [-0.05, 0) is 25.5 Å². The first kappa shape index (κ1) is 10.6. The van der Waals surface area contributed by atoms with E-state index in [0.29, 0.717) is 24.5 Å². The molecule has 15 heavy (non-hydrogen) atoms. The fraction of sp³-hybridized carbons (Fsp3) is 0.455. The third-order valence-corrected chi connectivity index (χ3v) is 4.85. The Morgan fingerprint density at radius 2 is 1.93 bits per heavy atom. The van der Waals surface area contributed by atoms with Gasteiger partial charge in [0, 0.05) is 6.61 Å². The number of benzene rings is 1. The number of rotatable bonds is 2. The van der Waals surface area contributed by atoms with E-state index in [1.165, 1.54) is 0 Å². The minimum Gasteiger partial charge on any atom is -0.380 e. The molecule has 0 amide bonds. The van der Waals surface area contributed by atoms with Gasteiger partial charge in [-0.15, -0.1) is 0 Å². The van der Waals surface area contributed by atoms with Crippen molar-refractivity contribution in [3.63, 3.8) is 0 Å². The summed E-state index contributed by atoms with van der Waals surface area (Å²) in [5.41, 5.74) is 1.07. The van der Waals surface area contributed by atoms with Gasteiger partial charge in [-0.25, -0.2) is 8.42 Å². The molecular weight excluding hydrogens is 212 g/mol. The molecule has 0 radical (unpaired) electrons. The zero-order valence-electron chi connectivity index (χ0n) is 8.64. The number of aryl methyl sites for hydroxylation is 1. The van der Waals surface area contributed by atoms with Gasteiger partial charge in [0.15, 0.2) is 9.84 Å². The maximum Gasteiger partial charge on any atom is 0.183 e. The number of hydrogen-bond acceptors (Lipinski definition) is 3. The van der Waals surface area contributed by atoms with Crippen LogP contribution in [0.5, 0.6) is 0 Å². The lowest BCUT2D eigenvalue weighted by Gasteiger charge is -2.09. The van der Waals surface area contributed by atoms with Crippen LogP contribution >= 0.6 is 0 Å². The van der Waals surface area contributed by atoms with Crippen molar-refractivity contribution in [3.8, 4) is 0 Å². The predicted octanol–water partition coefficient (Wildman–Crippen LogP) is 1.56. The fourth-order valence-corrected chi connectivity index (χ4v) is 3.26. The van der Waals surface area contributed by atoms with E-state index < -0.39 is 9.84 Å². The molecule has 1 aliphatic rings. The van der Waals surface area contributed by atoms with Crippen LogP contribution in [0.4, 0.5) is 0 Å². The summed E-state index contributed by atoms with van der Waals surface area (Å²) in [6, 6.07) is 6.98. The van der Waals surface area contributed by atoms with Crippen LogP contribution in [0, 0.1) is 6.92 Å². The van der Waals surface area contributed by atoms with Gasteiger partial charge in [-0.1, -0.05) is 17.7 Å². The first-order chi connectivity index (χ1) is 7.10. The molecule has 0 bridgehead atoms. The van der Waals surface area contributed by atoms with Gasteiger partial charge in [-0.2, -0.15) is 0 Å². The van der Waals surface area contributed by atoms with Gasteiger partial charge in [0.1, 0.15) is 0 Å². The molecule has 1 heterocycles. The Labute approximate surface area is 90.0 Å². The maximum absolute atomic E-state index is 12.1. The summed E-state index contributed by atoms with van der Waals surface area (Å²) in [5.74, 6) is 0. The molecule has 4 heteroatoms. The first-order valence-electron chi connectivity index (χ1n) is 4.99. The summed E-state index contributed by atoms with van der Waals surface area (Å²) in [6.07, 6.45) is 0.607. The van der Waals surface area contributed by atoms with Crippen molar-refractivity contribution in [1.29, 1.82) is 0 Å². The van der Waals surface area contributed by atoms with Crippen LogP contribution in [0.15, 0.2) is 29.2 Å². The third-order valence-electron chi connectivity index (χ3n) is 2.68. The van der Waals surface area contributed by atoms with Crippen LogP contribution in [-0.4, -0.2) is 26.9 Å². The largest absolute Gasteiger partial charge is 0.380 e. The molecule has 1 fully saturated rings. The van der Waals surface area contributed by atoms with Crippen LogP contribution in [-0.2, 0) is 14.6 Å². The third kappa shape index (κ3) is 2.06. The molecule has 1 saturated heterocycles. The summed E-state index contributed by atoms with van der Waals surface area (Å²) < 4.78 is 29.2. The van der Waals surface area contributed by atoms with E-state index >= 15 is 0 Å². The molecule has 0 spiro atoms. The van der Waals surface area contributed by atoms with Crippen molar-refractivity contribution in [1.82, 2.24) is 0 Å². The lowest BCUT2D eigenvalue weighted by atomic mass is 10.2. The Balaban J connectivity index is 2.32. The highest BCUT2D eigenvalue weighted by molar-refractivity contribution is 7.92. The lowest BCUT2D eigenvalue weighted by Crippen LogP contribution is -2.21. The van der Waals surface area contributed by atoms with Gasteiger partial charge < -0.3 is 4.74 Å². The molecule has 1 atom stereocenters. The highest BCUT2D eigenvalue weighted by atomic mass is 32.2. The Hall–Kier alpha value is -0.870. The van der Waals surface area contributed by atoms with Crippen LogP contribution < -0.4 is 0 Å². The van der Waals surface area contributed by atoms with Crippen molar-refractivity contribution in [2.45, 2.75) is 23.5 Å². The SMILES string of the molecule is Cc1ccc(S(=O)(=O)[C@H]2CCOC2)cc1. The van der Waals surface area contributed by atoms with Crippen LogP contribution in [0.25, 0.3) is 0 Å². The highest BCUT2D eigenvalue weighted by Gasteiger charge is 2.30. The number of ether oxygens (including phenoxy) is 1. The van der Waals surface area contributed by atoms with Crippen molar-refractivity contribution in [2.24, 2.45) is 0 Å². The van der Waals surface area contributed by atoms with E-state index in [9.17, 15) is 8.42 Å². The number of hydrogen-bond donors (Lipinski definition) is 0.